The monoisotopic (exact) mass is 368 g/mol. The molecule has 6 heteroatoms. The number of benzene rings is 2. The van der Waals surface area contributed by atoms with E-state index in [-0.39, 0.29) is 29.9 Å². The zero-order chi connectivity index (χ0) is 20.0. The van der Waals surface area contributed by atoms with Gasteiger partial charge in [0.2, 0.25) is 0 Å². The normalized spacial score (nSPS) is 11.9. The Kier molecular flexibility index (Phi) is 6.34. The number of nitrogens with one attached hydrogen (secondary N) is 1. The first-order valence-electron chi connectivity index (χ1n) is 8.66. The minimum absolute atomic E-state index is 0.0252. The van der Waals surface area contributed by atoms with E-state index in [2.05, 4.69) is 31.2 Å². The Morgan fingerprint density at radius 2 is 1.48 bits per heavy atom. The molecule has 0 saturated heterocycles. The van der Waals surface area contributed by atoms with E-state index in [0.29, 0.717) is 16.8 Å². The molecule has 0 bridgehead atoms. The van der Waals surface area contributed by atoms with Crippen molar-refractivity contribution in [3.8, 4) is 0 Å². The minimum Gasteiger partial charge on any atom is -0.481 e. The molecule has 27 heavy (non-hydrogen) atoms. The van der Waals surface area contributed by atoms with Gasteiger partial charge in [0.1, 0.15) is 0 Å². The third kappa shape index (κ3) is 5.67. The molecule has 0 spiro atoms. The summed E-state index contributed by atoms with van der Waals surface area (Å²) in [7, 11) is 0. The van der Waals surface area contributed by atoms with Crippen LogP contribution in [0.15, 0.2) is 53.7 Å². The largest absolute Gasteiger partial charge is 0.481 e. The van der Waals surface area contributed by atoms with E-state index < -0.39 is 5.97 Å². The number of carbonyl (C=O) groups is 2. The highest BCUT2D eigenvalue weighted by molar-refractivity contribution is 6.05. The van der Waals surface area contributed by atoms with Crippen LogP contribution < -0.4 is 5.32 Å². The molecule has 1 amide bonds. The number of oxime groups is 1. The number of anilines is 1. The van der Waals surface area contributed by atoms with Gasteiger partial charge in [-0.25, -0.2) is 0 Å². The average Bonchev–Trinajstić information content (AvgIpc) is 2.62. The summed E-state index contributed by atoms with van der Waals surface area (Å²) >= 11 is 0. The molecule has 2 rings (SSSR count). The molecule has 0 heterocycles. The summed E-state index contributed by atoms with van der Waals surface area (Å²) in [6.07, 6.45) is 0.000106. The second-order valence-corrected chi connectivity index (χ2v) is 7.30. The molecule has 0 aliphatic carbocycles. The first-order chi connectivity index (χ1) is 12.7. The standard InChI is InChI=1S/C21H24N2O4/c1-21(2,3)16-8-4-15(5-9-16)20(26)22-17-10-6-14(7-11-17)18(23-27)12-13-19(24)25/h4-11,27H,12-13H2,1-3H3,(H,22,26)(H,24,25)/b23-18-. The van der Waals surface area contributed by atoms with E-state index >= 15 is 0 Å². The lowest BCUT2D eigenvalue weighted by molar-refractivity contribution is -0.136. The number of carbonyl (C=O) groups excluding carboxylic acids is 1. The van der Waals surface area contributed by atoms with E-state index in [1.54, 1.807) is 36.4 Å². The number of carboxylic acid groups (broad SMARTS) is 1. The van der Waals surface area contributed by atoms with Crippen molar-refractivity contribution >= 4 is 23.3 Å². The van der Waals surface area contributed by atoms with Crippen molar-refractivity contribution < 1.29 is 19.9 Å². The molecule has 142 valence electrons. The van der Waals surface area contributed by atoms with E-state index in [1.807, 2.05) is 12.1 Å². The van der Waals surface area contributed by atoms with Crippen molar-refractivity contribution in [1.82, 2.24) is 0 Å². The van der Waals surface area contributed by atoms with Crippen molar-refractivity contribution in [1.29, 1.82) is 0 Å². The maximum atomic E-state index is 12.4. The Bertz CT molecular complexity index is 832. The van der Waals surface area contributed by atoms with Crippen LogP contribution in [0.4, 0.5) is 5.69 Å². The van der Waals surface area contributed by atoms with Gasteiger partial charge >= 0.3 is 5.97 Å². The maximum Gasteiger partial charge on any atom is 0.303 e. The average molecular weight is 368 g/mol. The molecular formula is C21H24N2O4. The summed E-state index contributed by atoms with van der Waals surface area (Å²) in [6.45, 7) is 6.35. The first-order valence-corrected chi connectivity index (χ1v) is 8.66. The van der Waals surface area contributed by atoms with Crippen molar-refractivity contribution in [2.24, 2.45) is 5.16 Å². The fourth-order valence-electron chi connectivity index (χ4n) is 2.55. The van der Waals surface area contributed by atoms with Crippen molar-refractivity contribution in [3.63, 3.8) is 0 Å². The number of carboxylic acids is 1. The van der Waals surface area contributed by atoms with Gasteiger partial charge in [-0.3, -0.25) is 9.59 Å². The molecule has 0 aliphatic heterocycles. The van der Waals surface area contributed by atoms with Crippen LogP contribution in [-0.2, 0) is 10.2 Å². The molecule has 2 aromatic carbocycles. The Labute approximate surface area is 158 Å². The molecule has 0 aliphatic rings. The summed E-state index contributed by atoms with van der Waals surface area (Å²) in [5.41, 5.74) is 3.22. The fourth-order valence-corrected chi connectivity index (χ4v) is 2.55. The van der Waals surface area contributed by atoms with Gasteiger partial charge in [0.15, 0.2) is 0 Å². The number of nitrogens with zero attached hydrogens (tertiary/aromatic N) is 1. The van der Waals surface area contributed by atoms with Crippen LogP contribution >= 0.6 is 0 Å². The Hall–Kier alpha value is -3.15. The van der Waals surface area contributed by atoms with Gasteiger partial charge in [0.05, 0.1) is 12.1 Å². The lowest BCUT2D eigenvalue weighted by Gasteiger charge is -2.19. The number of hydrogen-bond donors (Lipinski definition) is 3. The summed E-state index contributed by atoms with van der Waals surface area (Å²) in [5, 5.41) is 23.8. The molecule has 0 atom stereocenters. The highest BCUT2D eigenvalue weighted by atomic mass is 16.4. The molecular weight excluding hydrogens is 344 g/mol. The fraction of sp³-hybridized carbons (Fsp3) is 0.286. The molecule has 0 saturated carbocycles. The van der Waals surface area contributed by atoms with Gasteiger partial charge in [-0.1, -0.05) is 50.2 Å². The molecule has 2 aromatic rings. The Morgan fingerprint density at radius 3 is 1.96 bits per heavy atom. The van der Waals surface area contributed by atoms with Crippen LogP contribution in [0.1, 0.15) is 55.1 Å². The van der Waals surface area contributed by atoms with Crippen LogP contribution in [0, 0.1) is 0 Å². The molecule has 0 fully saturated rings. The van der Waals surface area contributed by atoms with Crippen LogP contribution in [-0.4, -0.2) is 27.9 Å². The zero-order valence-corrected chi connectivity index (χ0v) is 15.7. The first kappa shape index (κ1) is 20.2. The highest BCUT2D eigenvalue weighted by Gasteiger charge is 2.14. The molecule has 0 radical (unpaired) electrons. The topological polar surface area (TPSA) is 99.0 Å². The van der Waals surface area contributed by atoms with Gasteiger partial charge in [-0.05, 0) is 40.8 Å². The van der Waals surface area contributed by atoms with Crippen LogP contribution in [0.5, 0.6) is 0 Å². The molecule has 0 unspecified atom stereocenters. The summed E-state index contributed by atoms with van der Waals surface area (Å²) in [4.78, 5) is 23.0. The lowest BCUT2D eigenvalue weighted by Crippen LogP contribution is -2.14. The van der Waals surface area contributed by atoms with Crippen molar-refractivity contribution in [2.75, 3.05) is 5.32 Å². The SMILES string of the molecule is CC(C)(C)c1ccc(C(=O)Nc2ccc(/C(CCC(=O)O)=N\O)cc2)cc1. The number of aliphatic carboxylic acids is 1. The molecule has 6 nitrogen and oxygen atoms in total. The van der Waals surface area contributed by atoms with Crippen molar-refractivity contribution in [3.05, 3.63) is 65.2 Å². The van der Waals surface area contributed by atoms with Crippen LogP contribution in [0.3, 0.4) is 0 Å². The summed E-state index contributed by atoms with van der Waals surface area (Å²) in [5.74, 6) is -1.18. The Morgan fingerprint density at radius 1 is 0.926 bits per heavy atom. The maximum absolute atomic E-state index is 12.4. The van der Waals surface area contributed by atoms with Gasteiger partial charge in [0, 0.05) is 17.7 Å². The van der Waals surface area contributed by atoms with Gasteiger partial charge < -0.3 is 15.6 Å². The van der Waals surface area contributed by atoms with Gasteiger partial charge in [0.25, 0.3) is 5.91 Å². The molecule has 0 aromatic heterocycles. The third-order valence-corrected chi connectivity index (χ3v) is 4.19. The zero-order valence-electron chi connectivity index (χ0n) is 15.7. The van der Waals surface area contributed by atoms with Crippen molar-refractivity contribution in [2.45, 2.75) is 39.0 Å². The van der Waals surface area contributed by atoms with Gasteiger partial charge in [-0.15, -0.1) is 0 Å². The molecule has 3 N–H and O–H groups in total. The predicted molar refractivity (Wildman–Crippen MR) is 105 cm³/mol. The Balaban J connectivity index is 2.05. The van der Waals surface area contributed by atoms with E-state index in [1.165, 1.54) is 0 Å². The van der Waals surface area contributed by atoms with E-state index in [4.69, 9.17) is 10.3 Å². The summed E-state index contributed by atoms with van der Waals surface area (Å²) in [6, 6.07) is 14.2. The van der Waals surface area contributed by atoms with Crippen LogP contribution in [0.2, 0.25) is 0 Å². The quantitative estimate of drug-likeness (QED) is 0.402. The van der Waals surface area contributed by atoms with E-state index in [9.17, 15) is 9.59 Å². The van der Waals surface area contributed by atoms with Gasteiger partial charge in [-0.2, -0.15) is 0 Å². The minimum atomic E-state index is -0.961. The van der Waals surface area contributed by atoms with E-state index in [0.717, 1.165) is 5.56 Å². The smallest absolute Gasteiger partial charge is 0.303 e. The highest BCUT2D eigenvalue weighted by Crippen LogP contribution is 2.22. The predicted octanol–water partition coefficient (Wildman–Crippen LogP) is 4.28. The second kappa shape index (κ2) is 8.49. The second-order valence-electron chi connectivity index (χ2n) is 7.30. The number of rotatable bonds is 6. The summed E-state index contributed by atoms with van der Waals surface area (Å²) < 4.78 is 0. The number of amides is 1. The lowest BCUT2D eigenvalue weighted by atomic mass is 9.87. The third-order valence-electron chi connectivity index (χ3n) is 4.19. The van der Waals surface area contributed by atoms with Crippen LogP contribution in [0.25, 0.3) is 0 Å². The number of hydrogen-bond acceptors (Lipinski definition) is 4.